The molecule has 0 aliphatic carbocycles. The van der Waals surface area contributed by atoms with E-state index < -0.39 is 23.8 Å². The first kappa shape index (κ1) is 29.3. The average Bonchev–Trinajstić information content (AvgIpc) is 3.32. The van der Waals surface area contributed by atoms with E-state index in [4.69, 9.17) is 30.5 Å². The molecule has 0 saturated heterocycles. The highest BCUT2D eigenvalue weighted by Gasteiger charge is 2.25. The molecular weight excluding hydrogens is 520 g/mol. The van der Waals surface area contributed by atoms with E-state index >= 15 is 0 Å². The zero-order valence-corrected chi connectivity index (χ0v) is 22.2. The molecule has 0 amide bonds. The number of ether oxygens (including phenoxy) is 2. The molecule has 4 aromatic rings. The van der Waals surface area contributed by atoms with Crippen molar-refractivity contribution in [1.29, 1.82) is 5.41 Å². The molecule has 14 heteroatoms. The number of nitrogens with one attached hydrogen (secondary N) is 3. The molecule has 0 spiro atoms. The van der Waals surface area contributed by atoms with Crippen molar-refractivity contribution in [3.8, 4) is 17.4 Å². The second-order valence-electron chi connectivity index (χ2n) is 8.38. The number of nitrogens with zero attached hydrogens (tertiary/aromatic N) is 4. The second-order valence-corrected chi connectivity index (χ2v) is 8.38. The summed E-state index contributed by atoms with van der Waals surface area (Å²) in [6.45, 7) is 2.70. The predicted molar refractivity (Wildman–Crippen MR) is 146 cm³/mol. The number of rotatable bonds is 9. The molecule has 4 rings (SSSR count). The zero-order valence-electron chi connectivity index (χ0n) is 22.2. The van der Waals surface area contributed by atoms with Gasteiger partial charge in [0.2, 0.25) is 0 Å². The maximum atomic E-state index is 12.8. The summed E-state index contributed by atoms with van der Waals surface area (Å²) in [5.41, 5.74) is 7.42. The maximum absolute atomic E-state index is 12.8. The van der Waals surface area contributed by atoms with Gasteiger partial charge in [0, 0.05) is 36.1 Å². The number of carboxylic acids is 1. The van der Waals surface area contributed by atoms with E-state index in [1.807, 2.05) is 0 Å². The normalized spacial score (nSPS) is 11.9. The van der Waals surface area contributed by atoms with Gasteiger partial charge in [-0.15, -0.1) is 9.78 Å². The number of anilines is 1. The fourth-order valence-corrected chi connectivity index (χ4v) is 3.72. The molecule has 210 valence electrons. The van der Waals surface area contributed by atoms with Crippen molar-refractivity contribution in [3.05, 3.63) is 87.9 Å². The molecule has 2 aromatic heterocycles. The molecule has 0 bridgehead atoms. The molecule has 2 aromatic carbocycles. The number of carboxylic acid groups (broad SMARTS) is 1. The van der Waals surface area contributed by atoms with Crippen LogP contribution >= 0.6 is 0 Å². The van der Waals surface area contributed by atoms with Crippen LogP contribution in [0.3, 0.4) is 0 Å². The van der Waals surface area contributed by atoms with Crippen molar-refractivity contribution in [2.45, 2.75) is 26.0 Å². The first-order valence-electron chi connectivity index (χ1n) is 11.9. The number of nitrogens with two attached hydrogens (primary N) is 1. The smallest absolute Gasteiger partial charge is 0.350 e. The predicted octanol–water partition coefficient (Wildman–Crippen LogP) is 2.00. The molecule has 0 saturated carbocycles. The molecule has 2 atom stereocenters. The van der Waals surface area contributed by atoms with Gasteiger partial charge < -0.3 is 30.7 Å². The highest BCUT2D eigenvalue weighted by atomic mass is 16.5. The highest BCUT2D eigenvalue weighted by molar-refractivity contribution is 5.95. The van der Waals surface area contributed by atoms with Crippen LogP contribution in [0.15, 0.2) is 59.7 Å². The maximum Gasteiger partial charge on any atom is 0.350 e. The van der Waals surface area contributed by atoms with Gasteiger partial charge in [0.25, 0.3) is 11.9 Å². The van der Waals surface area contributed by atoms with Crippen molar-refractivity contribution < 1.29 is 24.5 Å². The summed E-state index contributed by atoms with van der Waals surface area (Å²) < 4.78 is 12.1. The van der Waals surface area contributed by atoms with Gasteiger partial charge in [0.1, 0.15) is 11.9 Å². The van der Waals surface area contributed by atoms with Crippen molar-refractivity contribution in [3.63, 3.8) is 0 Å². The minimum Gasteiger partial charge on any atom is -0.493 e. The Balaban J connectivity index is 0.00000103. The number of hydrogen-bond donors (Lipinski definition) is 6. The monoisotopic (exact) mass is 550 g/mol. The number of methoxy groups -OCH3 is 2. The SMILES string of the molecule is CC(=O)O.COc1cc(C(Nc2ccc(C(=N)N)cc2)c2nn(-c3ncccn3)c(=O)[nH]2)cc(C(C)O)c1OC. The molecule has 2 heterocycles. The summed E-state index contributed by atoms with van der Waals surface area (Å²) in [5.74, 6) is 0.305. The van der Waals surface area contributed by atoms with Crippen molar-refractivity contribution >= 4 is 17.5 Å². The fourth-order valence-electron chi connectivity index (χ4n) is 3.72. The number of aliphatic carboxylic acids is 1. The van der Waals surface area contributed by atoms with Gasteiger partial charge in [0.05, 0.1) is 20.3 Å². The van der Waals surface area contributed by atoms with Crippen LogP contribution in [-0.2, 0) is 4.79 Å². The molecule has 40 heavy (non-hydrogen) atoms. The minimum atomic E-state index is -0.862. The van der Waals surface area contributed by atoms with E-state index in [0.717, 1.165) is 11.6 Å². The van der Waals surface area contributed by atoms with E-state index in [1.165, 1.54) is 26.6 Å². The van der Waals surface area contributed by atoms with E-state index in [2.05, 4.69) is 25.4 Å². The Kier molecular flexibility index (Phi) is 9.54. The molecule has 7 N–H and O–H groups in total. The minimum absolute atomic E-state index is 0.0505. The lowest BCUT2D eigenvalue weighted by Crippen LogP contribution is -2.18. The fraction of sp³-hybridized carbons (Fsp3) is 0.231. The number of nitrogen functional groups attached to an aromatic ring is 1. The third kappa shape index (κ3) is 6.99. The second kappa shape index (κ2) is 13.0. The third-order valence-electron chi connectivity index (χ3n) is 5.47. The number of carbonyl (C=O) groups is 1. The third-order valence-corrected chi connectivity index (χ3v) is 5.47. The van der Waals surface area contributed by atoms with Crippen molar-refractivity contribution in [1.82, 2.24) is 24.7 Å². The quantitative estimate of drug-likeness (QED) is 0.131. The lowest BCUT2D eigenvalue weighted by atomic mass is 9.98. The van der Waals surface area contributed by atoms with Gasteiger partial charge in [-0.05, 0) is 55.0 Å². The summed E-state index contributed by atoms with van der Waals surface area (Å²) in [4.78, 5) is 32.7. The van der Waals surface area contributed by atoms with Crippen LogP contribution in [0.4, 0.5) is 5.69 Å². The molecule has 14 nitrogen and oxygen atoms in total. The molecule has 0 aliphatic heterocycles. The molecule has 0 radical (unpaired) electrons. The van der Waals surface area contributed by atoms with Crippen LogP contribution in [0.1, 0.15) is 48.5 Å². The largest absolute Gasteiger partial charge is 0.493 e. The summed E-state index contributed by atoms with van der Waals surface area (Å²) in [5, 5.41) is 33.2. The number of hydrogen-bond acceptors (Lipinski definition) is 10. The topological polar surface area (TPSA) is 214 Å². The average molecular weight is 551 g/mol. The van der Waals surface area contributed by atoms with Gasteiger partial charge in [-0.25, -0.2) is 14.8 Å². The lowest BCUT2D eigenvalue weighted by Gasteiger charge is -2.22. The molecular formula is C26H30N8O6. The van der Waals surface area contributed by atoms with Crippen LogP contribution < -0.4 is 26.2 Å². The Morgan fingerprint density at radius 3 is 2.30 bits per heavy atom. The van der Waals surface area contributed by atoms with Crippen LogP contribution in [0.25, 0.3) is 5.95 Å². The Hall–Kier alpha value is -5.24. The van der Waals surface area contributed by atoms with E-state index in [9.17, 15) is 9.90 Å². The van der Waals surface area contributed by atoms with Crippen LogP contribution in [-0.4, -0.2) is 61.0 Å². The first-order valence-corrected chi connectivity index (χ1v) is 11.9. The highest BCUT2D eigenvalue weighted by Crippen LogP contribution is 2.39. The lowest BCUT2D eigenvalue weighted by molar-refractivity contribution is -0.134. The summed E-state index contributed by atoms with van der Waals surface area (Å²) in [7, 11) is 2.99. The Labute approximate surface area is 229 Å². The number of aromatic amines is 1. The first-order chi connectivity index (χ1) is 19.0. The number of benzene rings is 2. The van der Waals surface area contributed by atoms with Gasteiger partial charge >= 0.3 is 5.69 Å². The number of aliphatic hydroxyl groups excluding tert-OH is 1. The summed E-state index contributed by atoms with van der Waals surface area (Å²) in [6.07, 6.45) is 2.16. The number of aromatic nitrogens is 5. The van der Waals surface area contributed by atoms with Crippen LogP contribution in [0.5, 0.6) is 11.5 Å². The Bertz CT molecular complexity index is 1510. The number of aliphatic hydroxyl groups is 1. The van der Waals surface area contributed by atoms with Gasteiger partial charge in [0.15, 0.2) is 17.3 Å². The zero-order chi connectivity index (χ0) is 29.4. The van der Waals surface area contributed by atoms with Crippen molar-refractivity contribution in [2.75, 3.05) is 19.5 Å². The van der Waals surface area contributed by atoms with Gasteiger partial charge in [-0.2, -0.15) is 0 Å². The van der Waals surface area contributed by atoms with Crippen LogP contribution in [0, 0.1) is 5.41 Å². The van der Waals surface area contributed by atoms with Crippen LogP contribution in [0.2, 0.25) is 0 Å². The summed E-state index contributed by atoms with van der Waals surface area (Å²) in [6, 6.07) is 11.4. The summed E-state index contributed by atoms with van der Waals surface area (Å²) >= 11 is 0. The molecule has 0 aliphatic rings. The molecule has 2 unspecified atom stereocenters. The van der Waals surface area contributed by atoms with Crippen molar-refractivity contribution in [2.24, 2.45) is 5.73 Å². The van der Waals surface area contributed by atoms with Gasteiger partial charge in [-0.1, -0.05) is 0 Å². The molecule has 0 fully saturated rings. The Morgan fingerprint density at radius 1 is 1.15 bits per heavy atom. The van der Waals surface area contributed by atoms with E-state index in [1.54, 1.807) is 49.4 Å². The Morgan fingerprint density at radius 2 is 1.77 bits per heavy atom. The standard InChI is InChI=1S/C24H26N8O4.C2H4O2/c1-13(33)17-11-15(12-18(35-2)20(17)36-3)19(29-16-7-5-14(6-8-16)21(25)26)22-30-24(34)32(31-22)23-27-9-4-10-28-23;1-2(3)4/h4-13,19,29,33H,1-3H3,(H3,25,26)(H,30,31,34);1H3,(H,3,4). The number of H-pyrrole nitrogens is 1. The van der Waals surface area contributed by atoms with E-state index in [0.29, 0.717) is 33.9 Å². The van der Waals surface area contributed by atoms with E-state index in [-0.39, 0.29) is 17.6 Å². The number of amidine groups is 1. The van der Waals surface area contributed by atoms with Gasteiger partial charge in [-0.3, -0.25) is 15.2 Å².